The van der Waals surface area contributed by atoms with Gasteiger partial charge in [0.05, 0.1) is 0 Å². The van der Waals surface area contributed by atoms with Gasteiger partial charge in [0, 0.05) is 35.6 Å². The van der Waals surface area contributed by atoms with Gasteiger partial charge in [-0.25, -0.2) is 4.98 Å². The van der Waals surface area contributed by atoms with Crippen LogP contribution in [0.3, 0.4) is 0 Å². The van der Waals surface area contributed by atoms with Crippen LogP contribution in [0, 0.1) is 0 Å². The summed E-state index contributed by atoms with van der Waals surface area (Å²) in [5.74, 6) is -3.14. The van der Waals surface area contributed by atoms with E-state index >= 15 is 0 Å². The van der Waals surface area contributed by atoms with E-state index in [1.54, 1.807) is 18.3 Å². The minimum atomic E-state index is -1.24. The van der Waals surface area contributed by atoms with E-state index in [-0.39, 0.29) is 25.3 Å². The first-order chi connectivity index (χ1) is 14.3. The largest absolute Gasteiger partial charge is 0.511 e. The van der Waals surface area contributed by atoms with Crippen molar-refractivity contribution in [2.45, 2.75) is 22.9 Å². The smallest absolute Gasteiger partial charge is 0.322 e. The number of amides is 2. The summed E-state index contributed by atoms with van der Waals surface area (Å²) < 4.78 is 0. The summed E-state index contributed by atoms with van der Waals surface area (Å²) in [4.78, 5) is 42.1. The van der Waals surface area contributed by atoms with Crippen LogP contribution in [0.2, 0.25) is 5.02 Å². The molecule has 3 rings (SSSR count). The Labute approximate surface area is 181 Å². The maximum absolute atomic E-state index is 12.6. The van der Waals surface area contributed by atoms with E-state index in [4.69, 9.17) is 16.7 Å². The molecule has 156 valence electrons. The monoisotopic (exact) mass is 447 g/mol. The van der Waals surface area contributed by atoms with E-state index in [0.29, 0.717) is 5.02 Å². The molecule has 1 aromatic heterocycles. The summed E-state index contributed by atoms with van der Waals surface area (Å²) in [6.45, 7) is -0.193. The number of carbonyl (C=O) groups is 3. The molecule has 3 N–H and O–H groups in total. The fourth-order valence-corrected chi connectivity index (χ4v) is 3.66. The molecule has 0 unspecified atom stereocenters. The number of nitrogens with zero attached hydrogens (tertiary/aromatic N) is 2. The van der Waals surface area contributed by atoms with Crippen LogP contribution < -0.4 is 5.32 Å². The van der Waals surface area contributed by atoms with Gasteiger partial charge >= 0.3 is 5.97 Å². The number of aliphatic hydroxyl groups is 1. The number of aliphatic hydroxyl groups excluding tert-OH is 1. The lowest BCUT2D eigenvalue weighted by atomic mass is 10.1. The molecule has 30 heavy (non-hydrogen) atoms. The number of benzene rings is 1. The molecule has 1 aliphatic heterocycles. The third-order valence-corrected chi connectivity index (χ3v) is 5.45. The molecule has 1 aromatic carbocycles. The minimum Gasteiger partial charge on any atom is -0.511 e. The third-order valence-electron chi connectivity index (χ3n) is 4.24. The second-order valence-electron chi connectivity index (χ2n) is 6.44. The highest BCUT2D eigenvalue weighted by Gasteiger charge is 2.32. The van der Waals surface area contributed by atoms with Crippen molar-refractivity contribution in [2.24, 2.45) is 0 Å². The van der Waals surface area contributed by atoms with Crippen molar-refractivity contribution in [3.05, 3.63) is 64.5 Å². The van der Waals surface area contributed by atoms with E-state index < -0.39 is 29.9 Å². The normalized spacial score (nSPS) is 14.0. The van der Waals surface area contributed by atoms with Crippen LogP contribution in [0.15, 0.2) is 63.8 Å². The van der Waals surface area contributed by atoms with Gasteiger partial charge in [-0.1, -0.05) is 29.4 Å². The Morgan fingerprint density at radius 2 is 1.93 bits per heavy atom. The summed E-state index contributed by atoms with van der Waals surface area (Å²) in [6, 6.07) is 11.0. The molecule has 1 aliphatic rings. The predicted molar refractivity (Wildman–Crippen MR) is 110 cm³/mol. The molecule has 0 fully saturated rings. The van der Waals surface area contributed by atoms with E-state index in [2.05, 4.69) is 10.3 Å². The third kappa shape index (κ3) is 5.52. The first kappa shape index (κ1) is 21.7. The number of aromatic nitrogens is 1. The lowest BCUT2D eigenvalue weighted by molar-refractivity contribution is -0.138. The van der Waals surface area contributed by atoms with Crippen LogP contribution in [0.25, 0.3) is 0 Å². The number of hydrogen-bond donors (Lipinski definition) is 3. The van der Waals surface area contributed by atoms with Crippen molar-refractivity contribution in [3.8, 4) is 0 Å². The van der Waals surface area contributed by atoms with E-state index in [0.717, 1.165) is 15.5 Å². The van der Waals surface area contributed by atoms with Gasteiger partial charge in [-0.15, -0.1) is 0 Å². The quantitative estimate of drug-likeness (QED) is 0.558. The van der Waals surface area contributed by atoms with Gasteiger partial charge in [0.1, 0.15) is 22.9 Å². The standard InChI is InChI=1S/C20H18ClN3O5S/c21-13-2-4-14(5-3-13)30-16-6-1-12(9-22-16)11-24-8-7-15(25)18(20(24)29)19(28)23-10-17(26)27/h1-6,9,25H,7-8,10-11H2,(H,23,28)(H,26,27). The van der Waals surface area contributed by atoms with Gasteiger partial charge in [0.15, 0.2) is 0 Å². The number of nitrogens with one attached hydrogen (secondary N) is 1. The summed E-state index contributed by atoms with van der Waals surface area (Å²) in [5.41, 5.74) is 0.334. The number of halogens is 1. The van der Waals surface area contributed by atoms with E-state index in [1.165, 1.54) is 16.7 Å². The summed E-state index contributed by atoms with van der Waals surface area (Å²) in [6.07, 6.45) is 1.76. The SMILES string of the molecule is O=C(O)CNC(=O)C1=C(O)CCN(Cc2ccc(Sc3ccc(Cl)cc3)nc2)C1=O. The topological polar surface area (TPSA) is 120 Å². The van der Waals surface area contributed by atoms with Crippen LogP contribution in [0.1, 0.15) is 12.0 Å². The Kier molecular flexibility index (Phi) is 6.96. The summed E-state index contributed by atoms with van der Waals surface area (Å²) in [5, 5.41) is 22.2. The first-order valence-electron chi connectivity index (χ1n) is 8.93. The average molecular weight is 448 g/mol. The number of carbonyl (C=O) groups excluding carboxylic acids is 2. The van der Waals surface area contributed by atoms with Gasteiger partial charge in [-0.05, 0) is 35.9 Å². The Bertz CT molecular complexity index is 993. The molecule has 0 atom stereocenters. The maximum atomic E-state index is 12.6. The van der Waals surface area contributed by atoms with Crippen LogP contribution in [-0.4, -0.2) is 51.0 Å². The van der Waals surface area contributed by atoms with Gasteiger partial charge in [-0.3, -0.25) is 14.4 Å². The lowest BCUT2D eigenvalue weighted by Crippen LogP contribution is -2.43. The first-order valence-corrected chi connectivity index (χ1v) is 10.1. The molecule has 2 amide bonds. The van der Waals surface area contributed by atoms with Crippen molar-refractivity contribution >= 4 is 41.1 Å². The molecule has 0 bridgehead atoms. The molecule has 2 heterocycles. The maximum Gasteiger partial charge on any atom is 0.322 e. The zero-order chi connectivity index (χ0) is 21.7. The highest BCUT2D eigenvalue weighted by molar-refractivity contribution is 7.99. The van der Waals surface area contributed by atoms with E-state index in [9.17, 15) is 19.5 Å². The zero-order valence-electron chi connectivity index (χ0n) is 15.7. The lowest BCUT2D eigenvalue weighted by Gasteiger charge is -2.28. The molecule has 0 saturated heterocycles. The van der Waals surface area contributed by atoms with Gasteiger partial charge in [0.2, 0.25) is 0 Å². The Balaban J connectivity index is 1.64. The number of carboxylic acids is 1. The van der Waals surface area contributed by atoms with Gasteiger partial charge in [-0.2, -0.15) is 0 Å². The van der Waals surface area contributed by atoms with Crippen molar-refractivity contribution in [1.29, 1.82) is 0 Å². The molecule has 10 heteroatoms. The fourth-order valence-electron chi connectivity index (χ4n) is 2.78. The molecular weight excluding hydrogens is 430 g/mol. The highest BCUT2D eigenvalue weighted by Crippen LogP contribution is 2.27. The number of aliphatic carboxylic acids is 1. The van der Waals surface area contributed by atoms with Crippen molar-refractivity contribution < 1.29 is 24.6 Å². The van der Waals surface area contributed by atoms with Gasteiger partial charge < -0.3 is 20.4 Å². The molecule has 0 spiro atoms. The van der Waals surface area contributed by atoms with Crippen molar-refractivity contribution in [1.82, 2.24) is 15.2 Å². The Morgan fingerprint density at radius 3 is 2.57 bits per heavy atom. The highest BCUT2D eigenvalue weighted by atomic mass is 35.5. The summed E-state index contributed by atoms with van der Waals surface area (Å²) >= 11 is 7.36. The Hall–Kier alpha value is -3.04. The summed E-state index contributed by atoms with van der Waals surface area (Å²) in [7, 11) is 0. The molecule has 0 aliphatic carbocycles. The molecule has 0 saturated carbocycles. The number of hydrogen-bond acceptors (Lipinski definition) is 6. The number of pyridine rings is 1. The second kappa shape index (κ2) is 9.64. The molecule has 0 radical (unpaired) electrons. The predicted octanol–water partition coefficient (Wildman–Crippen LogP) is 2.63. The van der Waals surface area contributed by atoms with Crippen LogP contribution in [-0.2, 0) is 20.9 Å². The van der Waals surface area contributed by atoms with E-state index in [1.807, 2.05) is 24.3 Å². The fraction of sp³-hybridized carbons (Fsp3) is 0.200. The second-order valence-corrected chi connectivity index (χ2v) is 7.97. The van der Waals surface area contributed by atoms with Gasteiger partial charge in [0.25, 0.3) is 11.8 Å². The average Bonchev–Trinajstić information content (AvgIpc) is 2.72. The van der Waals surface area contributed by atoms with Crippen LogP contribution in [0.5, 0.6) is 0 Å². The van der Waals surface area contributed by atoms with Crippen LogP contribution >= 0.6 is 23.4 Å². The van der Waals surface area contributed by atoms with Crippen molar-refractivity contribution in [3.63, 3.8) is 0 Å². The van der Waals surface area contributed by atoms with Crippen LogP contribution in [0.4, 0.5) is 0 Å². The number of carboxylic acid groups (broad SMARTS) is 1. The minimum absolute atomic E-state index is 0.111. The number of rotatable bonds is 7. The Morgan fingerprint density at radius 1 is 1.20 bits per heavy atom. The molecular formula is C20H18ClN3O5S. The molecule has 2 aromatic rings. The molecule has 8 nitrogen and oxygen atoms in total. The zero-order valence-corrected chi connectivity index (χ0v) is 17.2. The van der Waals surface area contributed by atoms with Crippen molar-refractivity contribution in [2.75, 3.05) is 13.1 Å².